The third-order valence-corrected chi connectivity index (χ3v) is 17.6. The van der Waals surface area contributed by atoms with Gasteiger partial charge in [0.05, 0.1) is 25.4 Å². The van der Waals surface area contributed by atoms with Crippen molar-refractivity contribution < 1.29 is 49.3 Å². The highest BCUT2D eigenvalue weighted by molar-refractivity contribution is 5.80. The molecule has 1 fully saturated rings. The third kappa shape index (κ3) is 52.2. The molecular formula is C79H141NO10. The van der Waals surface area contributed by atoms with E-state index in [4.69, 9.17) is 14.2 Å². The summed E-state index contributed by atoms with van der Waals surface area (Å²) in [6.07, 6.45) is 77.7. The minimum absolute atomic E-state index is 0.111. The van der Waals surface area contributed by atoms with Crippen molar-refractivity contribution in [1.29, 1.82) is 0 Å². The number of unbranched alkanes of at least 4 members (excludes halogenated alkanes) is 39. The molecule has 1 rings (SSSR count). The van der Waals surface area contributed by atoms with Crippen LogP contribution in [0.25, 0.3) is 0 Å². The van der Waals surface area contributed by atoms with E-state index in [0.29, 0.717) is 19.3 Å². The predicted octanol–water partition coefficient (Wildman–Crippen LogP) is 20.0. The van der Waals surface area contributed by atoms with E-state index >= 15 is 0 Å². The van der Waals surface area contributed by atoms with E-state index in [1.165, 1.54) is 186 Å². The Morgan fingerprint density at radius 3 is 1.20 bits per heavy atom. The van der Waals surface area contributed by atoms with Gasteiger partial charge in [-0.25, -0.2) is 0 Å². The SMILES string of the molecule is CC/C=C\C/C=C\C/C=C\C/C=C\C/C=C\C/C=C\CCCCCCCCCCC(=O)OC1C(OCC(NC(=O)C(O)CCCCCCCCCCCCCCCCCCCCCCCC)C(O)/C=C/CCCCCCCCCCCC)OC(CO)C(O)C1O. The number of aliphatic hydroxyl groups is 5. The molecule has 1 aliphatic heterocycles. The van der Waals surface area contributed by atoms with Crippen molar-refractivity contribution in [2.24, 2.45) is 0 Å². The van der Waals surface area contributed by atoms with Gasteiger partial charge >= 0.3 is 5.97 Å². The van der Waals surface area contributed by atoms with Gasteiger partial charge in [0.2, 0.25) is 5.91 Å². The molecular weight excluding hydrogens is 1120 g/mol. The van der Waals surface area contributed by atoms with Crippen LogP contribution in [0, 0.1) is 0 Å². The van der Waals surface area contributed by atoms with E-state index in [0.717, 1.165) is 109 Å². The van der Waals surface area contributed by atoms with Gasteiger partial charge in [-0.05, 0) is 77.0 Å². The number of carbonyl (C=O) groups is 2. The molecule has 0 saturated carbocycles. The molecule has 0 aromatic heterocycles. The van der Waals surface area contributed by atoms with Crippen molar-refractivity contribution in [1.82, 2.24) is 5.32 Å². The highest BCUT2D eigenvalue weighted by Gasteiger charge is 2.47. The molecule has 90 heavy (non-hydrogen) atoms. The molecule has 11 nitrogen and oxygen atoms in total. The maximum atomic E-state index is 13.5. The molecule has 1 heterocycles. The third-order valence-electron chi connectivity index (χ3n) is 17.6. The number of hydrogen-bond acceptors (Lipinski definition) is 10. The summed E-state index contributed by atoms with van der Waals surface area (Å²) in [6, 6.07) is -1.03. The number of nitrogens with one attached hydrogen (secondary N) is 1. The fraction of sp³-hybridized carbons (Fsp3) is 0.797. The molecule has 0 aromatic carbocycles. The van der Waals surface area contributed by atoms with Gasteiger partial charge in [0, 0.05) is 6.42 Å². The quantitative estimate of drug-likeness (QED) is 0.0195. The maximum Gasteiger partial charge on any atom is 0.306 e. The summed E-state index contributed by atoms with van der Waals surface area (Å²) in [4.78, 5) is 26.7. The van der Waals surface area contributed by atoms with Crippen molar-refractivity contribution in [2.75, 3.05) is 13.2 Å². The van der Waals surface area contributed by atoms with Crippen LogP contribution >= 0.6 is 0 Å². The van der Waals surface area contributed by atoms with E-state index in [1.54, 1.807) is 6.08 Å². The highest BCUT2D eigenvalue weighted by atomic mass is 16.7. The van der Waals surface area contributed by atoms with Gasteiger partial charge in [-0.3, -0.25) is 9.59 Å². The Morgan fingerprint density at radius 1 is 0.444 bits per heavy atom. The summed E-state index contributed by atoms with van der Waals surface area (Å²) in [6.45, 7) is 5.72. The van der Waals surface area contributed by atoms with E-state index in [1.807, 2.05) is 6.08 Å². The maximum absolute atomic E-state index is 13.5. The Hall–Kier alpha value is -3.16. The summed E-state index contributed by atoms with van der Waals surface area (Å²) in [7, 11) is 0. The molecule has 1 amide bonds. The van der Waals surface area contributed by atoms with Crippen LogP contribution in [0.15, 0.2) is 85.1 Å². The van der Waals surface area contributed by atoms with E-state index < -0.39 is 67.4 Å². The van der Waals surface area contributed by atoms with Gasteiger partial charge in [0.25, 0.3) is 0 Å². The van der Waals surface area contributed by atoms with Crippen molar-refractivity contribution in [2.45, 2.75) is 391 Å². The van der Waals surface area contributed by atoms with E-state index in [2.05, 4.69) is 99.0 Å². The summed E-state index contributed by atoms with van der Waals surface area (Å²) >= 11 is 0. The zero-order valence-corrected chi connectivity index (χ0v) is 58.2. The van der Waals surface area contributed by atoms with E-state index in [-0.39, 0.29) is 13.0 Å². The number of aliphatic hydroxyl groups excluding tert-OH is 5. The molecule has 0 radical (unpaired) electrons. The minimum atomic E-state index is -1.62. The molecule has 0 aromatic rings. The molecule has 0 bridgehead atoms. The topological polar surface area (TPSA) is 175 Å². The lowest BCUT2D eigenvalue weighted by atomic mass is 9.99. The van der Waals surface area contributed by atoms with Crippen LogP contribution in [0.3, 0.4) is 0 Å². The summed E-state index contributed by atoms with van der Waals surface area (Å²) in [5.74, 6) is -1.19. The number of carbonyl (C=O) groups excluding carboxylic acids is 2. The number of hydrogen-bond donors (Lipinski definition) is 6. The average molecular weight is 1260 g/mol. The smallest absolute Gasteiger partial charge is 0.306 e. The second-order valence-electron chi connectivity index (χ2n) is 26.0. The molecule has 8 atom stereocenters. The van der Waals surface area contributed by atoms with Crippen LogP contribution in [0.1, 0.15) is 342 Å². The number of ether oxygens (including phenoxy) is 3. The first-order valence-electron chi connectivity index (χ1n) is 37.9. The van der Waals surface area contributed by atoms with Crippen molar-refractivity contribution >= 4 is 11.9 Å². The van der Waals surface area contributed by atoms with Gasteiger partial charge in [-0.1, -0.05) is 343 Å². The van der Waals surface area contributed by atoms with Crippen LogP contribution in [-0.4, -0.2) is 99.6 Å². The molecule has 522 valence electrons. The minimum Gasteiger partial charge on any atom is -0.454 e. The Bertz CT molecular complexity index is 1790. The largest absolute Gasteiger partial charge is 0.454 e. The summed E-state index contributed by atoms with van der Waals surface area (Å²) in [5, 5.41) is 57.4. The Balaban J connectivity index is 2.54. The first-order valence-corrected chi connectivity index (χ1v) is 37.9. The lowest BCUT2D eigenvalue weighted by Crippen LogP contribution is -2.61. The lowest BCUT2D eigenvalue weighted by Gasteiger charge is -2.41. The molecule has 1 aliphatic rings. The van der Waals surface area contributed by atoms with Gasteiger partial charge in [0.15, 0.2) is 12.4 Å². The van der Waals surface area contributed by atoms with Crippen molar-refractivity contribution in [3.63, 3.8) is 0 Å². The molecule has 0 aliphatic carbocycles. The fourth-order valence-corrected chi connectivity index (χ4v) is 11.7. The van der Waals surface area contributed by atoms with Crippen LogP contribution in [0.2, 0.25) is 0 Å². The summed E-state index contributed by atoms with van der Waals surface area (Å²) in [5.41, 5.74) is 0. The zero-order valence-electron chi connectivity index (χ0n) is 58.2. The standard InChI is InChI=1S/C79H141NO10/c1-4-7-10-13-16-19-22-25-27-29-31-33-35-36-37-38-39-41-43-45-47-49-52-55-58-61-64-67-74(84)90-77-76(86)75(85)73(68-81)89-79(77)88-69-70(71(82)65-62-59-56-53-50-24-21-18-15-12-9-6-3)80-78(87)72(83)66-63-60-57-54-51-48-46-44-42-40-34-32-30-28-26-23-20-17-14-11-8-5-2/h7,10,16,19,25,27,31,33,36-37,39,41,62,65,70-73,75-77,79,81-83,85-86H,4-6,8-9,11-15,17-18,20-24,26,28-30,32,34-35,38,40,42-61,63-64,66-69H2,1-3H3,(H,80,87)/b10-7-,19-16-,27-25-,33-31-,37-36-,41-39-,65-62+. The number of allylic oxidation sites excluding steroid dienone is 13. The second kappa shape index (κ2) is 65.9. The number of rotatable bonds is 65. The fourth-order valence-electron chi connectivity index (χ4n) is 11.7. The van der Waals surface area contributed by atoms with Gasteiger partial charge in [0.1, 0.15) is 24.4 Å². The second-order valence-corrected chi connectivity index (χ2v) is 26.0. The Kier molecular flexibility index (Phi) is 62.1. The van der Waals surface area contributed by atoms with Gasteiger partial charge in [-0.2, -0.15) is 0 Å². The summed E-state index contributed by atoms with van der Waals surface area (Å²) < 4.78 is 17.7. The van der Waals surface area contributed by atoms with Crippen LogP contribution in [0.4, 0.5) is 0 Å². The van der Waals surface area contributed by atoms with Crippen molar-refractivity contribution in [3.8, 4) is 0 Å². The first kappa shape index (κ1) is 84.9. The van der Waals surface area contributed by atoms with Crippen LogP contribution in [0.5, 0.6) is 0 Å². The average Bonchev–Trinajstić information content (AvgIpc) is 3.71. The Morgan fingerprint density at radius 2 is 0.800 bits per heavy atom. The van der Waals surface area contributed by atoms with Crippen LogP contribution < -0.4 is 5.32 Å². The van der Waals surface area contributed by atoms with E-state index in [9.17, 15) is 35.1 Å². The predicted molar refractivity (Wildman–Crippen MR) is 379 cm³/mol. The number of esters is 1. The zero-order chi connectivity index (χ0) is 65.3. The lowest BCUT2D eigenvalue weighted by molar-refractivity contribution is -0.305. The number of amides is 1. The molecule has 11 heteroatoms. The Labute approximate surface area is 553 Å². The normalized spacial score (nSPS) is 18.5. The van der Waals surface area contributed by atoms with Gasteiger partial charge < -0.3 is 45.1 Å². The monoisotopic (exact) mass is 1260 g/mol. The first-order chi connectivity index (χ1) is 44.2. The van der Waals surface area contributed by atoms with Crippen LogP contribution in [-0.2, 0) is 23.8 Å². The molecule has 8 unspecified atom stereocenters. The highest BCUT2D eigenvalue weighted by Crippen LogP contribution is 2.26. The van der Waals surface area contributed by atoms with Crippen molar-refractivity contribution in [3.05, 3.63) is 85.1 Å². The molecule has 0 spiro atoms. The van der Waals surface area contributed by atoms with Gasteiger partial charge in [-0.15, -0.1) is 0 Å². The molecule has 1 saturated heterocycles. The molecule has 6 N–H and O–H groups in total.